The molecule has 0 radical (unpaired) electrons. The number of hydrogen-bond donors (Lipinski definition) is 0. The Morgan fingerprint density at radius 2 is 2.20 bits per heavy atom. The highest BCUT2D eigenvalue weighted by atomic mass is 79.9. The highest BCUT2D eigenvalue weighted by molar-refractivity contribution is 9.10. The van der Waals surface area contributed by atoms with Crippen LogP contribution >= 0.6 is 31.9 Å². The average molecular weight is 332 g/mol. The Hall–Kier alpha value is -1.01. The predicted molar refractivity (Wildman–Crippen MR) is 59.6 cm³/mol. The van der Waals surface area contributed by atoms with Crippen LogP contribution < -0.4 is 0 Å². The van der Waals surface area contributed by atoms with Gasteiger partial charge >= 0.3 is 0 Å². The minimum Gasteiger partial charge on any atom is -0.461 e. The van der Waals surface area contributed by atoms with Gasteiger partial charge in [-0.3, -0.25) is 4.79 Å². The van der Waals surface area contributed by atoms with Gasteiger partial charge in [-0.1, -0.05) is 0 Å². The van der Waals surface area contributed by atoms with E-state index in [2.05, 4.69) is 41.8 Å². The number of halogens is 2. The summed E-state index contributed by atoms with van der Waals surface area (Å²) in [7, 11) is 0. The number of ketones is 1. The van der Waals surface area contributed by atoms with Crippen molar-refractivity contribution in [3.63, 3.8) is 0 Å². The molecule has 2 heterocycles. The first-order valence-electron chi connectivity index (χ1n) is 3.94. The fourth-order valence-corrected chi connectivity index (χ4v) is 1.67. The number of hydrogen-bond acceptors (Lipinski definition) is 4. The van der Waals surface area contributed by atoms with E-state index >= 15 is 0 Å². The second-order valence-corrected chi connectivity index (χ2v) is 4.20. The quantitative estimate of drug-likeness (QED) is 0.794. The molecule has 76 valence electrons. The Morgan fingerprint density at radius 3 is 2.87 bits per heavy atom. The van der Waals surface area contributed by atoms with Crippen molar-refractivity contribution in [2.45, 2.75) is 0 Å². The van der Waals surface area contributed by atoms with E-state index in [0.717, 1.165) is 0 Å². The summed E-state index contributed by atoms with van der Waals surface area (Å²) in [5.74, 6) is -0.0659. The molecule has 0 spiro atoms. The number of rotatable bonds is 2. The zero-order valence-corrected chi connectivity index (χ0v) is 10.4. The Bertz CT molecular complexity index is 497. The number of carbonyl (C=O) groups is 1. The monoisotopic (exact) mass is 330 g/mol. The van der Waals surface area contributed by atoms with Crippen molar-refractivity contribution in [3.05, 3.63) is 45.3 Å². The molecule has 0 aliphatic carbocycles. The number of nitrogens with zero attached hydrogens (tertiary/aromatic N) is 2. The lowest BCUT2D eigenvalue weighted by atomic mass is 10.2. The predicted octanol–water partition coefficient (Wildman–Crippen LogP) is 2.83. The molecule has 15 heavy (non-hydrogen) atoms. The van der Waals surface area contributed by atoms with Crippen LogP contribution in [0.15, 0.2) is 38.2 Å². The molecule has 0 atom stereocenters. The second-order valence-electron chi connectivity index (χ2n) is 2.64. The molecule has 2 aromatic heterocycles. The lowest BCUT2D eigenvalue weighted by Gasteiger charge is -1.99. The zero-order valence-electron chi connectivity index (χ0n) is 7.28. The molecule has 2 rings (SSSR count). The van der Waals surface area contributed by atoms with Gasteiger partial charge in [0.2, 0.25) is 5.78 Å². The van der Waals surface area contributed by atoms with Gasteiger partial charge in [-0.05, 0) is 44.0 Å². The Morgan fingerprint density at radius 1 is 1.40 bits per heavy atom. The zero-order chi connectivity index (χ0) is 10.8. The van der Waals surface area contributed by atoms with Crippen molar-refractivity contribution in [3.8, 4) is 0 Å². The highest BCUT2D eigenvalue weighted by Gasteiger charge is 2.17. The van der Waals surface area contributed by atoms with Crippen LogP contribution in [-0.4, -0.2) is 15.8 Å². The molecule has 0 N–H and O–H groups in total. The third-order valence-corrected chi connectivity index (χ3v) is 2.62. The Kier molecular flexibility index (Phi) is 2.97. The van der Waals surface area contributed by atoms with E-state index in [1.165, 1.54) is 12.5 Å². The van der Waals surface area contributed by atoms with Crippen LogP contribution in [0.25, 0.3) is 0 Å². The molecular formula is C9H4Br2N2O2. The van der Waals surface area contributed by atoms with Crippen LogP contribution in [0.3, 0.4) is 0 Å². The molecule has 0 saturated carbocycles. The topological polar surface area (TPSA) is 56.0 Å². The summed E-state index contributed by atoms with van der Waals surface area (Å²) < 4.78 is 5.89. The summed E-state index contributed by atoms with van der Waals surface area (Å²) in [6.45, 7) is 0. The standard InChI is InChI=1S/C9H4Br2N2O2/c10-6-4-12-9(11)7(13-6)8(14)5-2-1-3-15-5/h1-4H. The number of aromatic nitrogens is 2. The molecule has 0 fully saturated rings. The van der Waals surface area contributed by atoms with Crippen LogP contribution in [0.1, 0.15) is 16.2 Å². The molecule has 0 unspecified atom stereocenters. The first-order valence-corrected chi connectivity index (χ1v) is 5.53. The summed E-state index contributed by atoms with van der Waals surface area (Å²) in [6.07, 6.45) is 2.94. The molecule has 0 bridgehead atoms. The highest BCUT2D eigenvalue weighted by Crippen LogP contribution is 2.18. The summed E-state index contributed by atoms with van der Waals surface area (Å²) in [4.78, 5) is 19.8. The average Bonchev–Trinajstić information content (AvgIpc) is 2.74. The third-order valence-electron chi connectivity index (χ3n) is 1.66. The summed E-state index contributed by atoms with van der Waals surface area (Å²) in [5.41, 5.74) is 0.222. The van der Waals surface area contributed by atoms with Crippen LogP contribution in [0.2, 0.25) is 0 Å². The fraction of sp³-hybridized carbons (Fsp3) is 0. The molecule has 0 aromatic carbocycles. The van der Waals surface area contributed by atoms with Crippen molar-refractivity contribution in [1.29, 1.82) is 0 Å². The van der Waals surface area contributed by atoms with E-state index in [4.69, 9.17) is 4.42 Å². The molecule has 6 heteroatoms. The molecule has 2 aromatic rings. The van der Waals surface area contributed by atoms with Crippen molar-refractivity contribution in [1.82, 2.24) is 9.97 Å². The third kappa shape index (κ3) is 2.15. The summed E-state index contributed by atoms with van der Waals surface area (Å²) >= 11 is 6.31. The molecule has 4 nitrogen and oxygen atoms in total. The van der Waals surface area contributed by atoms with Crippen molar-refractivity contribution in [2.24, 2.45) is 0 Å². The van der Waals surface area contributed by atoms with Gasteiger partial charge in [-0.25, -0.2) is 9.97 Å². The maximum atomic E-state index is 11.8. The minimum absolute atomic E-state index is 0.222. The molecular weight excluding hydrogens is 328 g/mol. The van der Waals surface area contributed by atoms with E-state index in [1.54, 1.807) is 12.1 Å². The van der Waals surface area contributed by atoms with Gasteiger partial charge in [0, 0.05) is 0 Å². The second kappa shape index (κ2) is 4.24. The van der Waals surface area contributed by atoms with Gasteiger partial charge < -0.3 is 4.42 Å². The largest absolute Gasteiger partial charge is 0.461 e. The Labute approximate surface area is 102 Å². The van der Waals surface area contributed by atoms with Crippen molar-refractivity contribution >= 4 is 37.6 Å². The maximum Gasteiger partial charge on any atom is 0.249 e. The van der Waals surface area contributed by atoms with Crippen LogP contribution in [0.4, 0.5) is 0 Å². The van der Waals surface area contributed by atoms with Crippen LogP contribution in [0, 0.1) is 0 Å². The molecule has 0 aliphatic heterocycles. The van der Waals surface area contributed by atoms with Gasteiger partial charge in [-0.2, -0.15) is 0 Å². The van der Waals surface area contributed by atoms with Crippen molar-refractivity contribution in [2.75, 3.05) is 0 Å². The Balaban J connectivity index is 2.46. The fourth-order valence-electron chi connectivity index (χ4n) is 1.02. The van der Waals surface area contributed by atoms with Crippen LogP contribution in [-0.2, 0) is 0 Å². The van der Waals surface area contributed by atoms with Gasteiger partial charge in [-0.15, -0.1) is 0 Å². The number of furan rings is 1. The van der Waals surface area contributed by atoms with Gasteiger partial charge in [0.1, 0.15) is 14.9 Å². The SMILES string of the molecule is O=C(c1ccco1)c1nc(Br)cnc1Br. The normalized spacial score (nSPS) is 10.3. The minimum atomic E-state index is -0.305. The summed E-state index contributed by atoms with van der Waals surface area (Å²) in [6, 6.07) is 3.23. The van der Waals surface area contributed by atoms with E-state index in [1.807, 2.05) is 0 Å². The smallest absolute Gasteiger partial charge is 0.249 e. The van der Waals surface area contributed by atoms with Crippen molar-refractivity contribution < 1.29 is 9.21 Å². The summed E-state index contributed by atoms with van der Waals surface area (Å²) in [5, 5.41) is 0. The van der Waals surface area contributed by atoms with Gasteiger partial charge in [0.05, 0.1) is 12.5 Å². The van der Waals surface area contributed by atoms with E-state index in [0.29, 0.717) is 9.21 Å². The molecule has 0 saturated heterocycles. The first kappa shape index (κ1) is 10.5. The molecule has 0 amide bonds. The van der Waals surface area contributed by atoms with Gasteiger partial charge in [0.15, 0.2) is 5.76 Å². The van der Waals surface area contributed by atoms with Crippen LogP contribution in [0.5, 0.6) is 0 Å². The van der Waals surface area contributed by atoms with Gasteiger partial charge in [0.25, 0.3) is 0 Å². The van der Waals surface area contributed by atoms with E-state index < -0.39 is 0 Å². The lowest BCUT2D eigenvalue weighted by molar-refractivity contribution is 0.100. The van der Waals surface area contributed by atoms with E-state index in [9.17, 15) is 4.79 Å². The molecule has 0 aliphatic rings. The maximum absolute atomic E-state index is 11.8. The first-order chi connectivity index (χ1) is 7.18. The van der Waals surface area contributed by atoms with E-state index in [-0.39, 0.29) is 17.2 Å². The lowest BCUT2D eigenvalue weighted by Crippen LogP contribution is -2.05. The number of carbonyl (C=O) groups excluding carboxylic acids is 1.